The summed E-state index contributed by atoms with van der Waals surface area (Å²) in [5.74, 6) is 0.764. The Kier molecular flexibility index (Phi) is 5.33. The van der Waals surface area contributed by atoms with Gasteiger partial charge in [0, 0.05) is 0 Å². The molecule has 1 N–H and O–H groups in total. The van der Waals surface area contributed by atoms with Gasteiger partial charge in [-0.3, -0.25) is 10.1 Å². The lowest BCUT2D eigenvalue weighted by Crippen LogP contribution is -2.27. The Morgan fingerprint density at radius 2 is 1.78 bits per heavy atom. The van der Waals surface area contributed by atoms with E-state index in [1.165, 1.54) is 20.3 Å². The second kappa shape index (κ2) is 6.53. The standard InChI is InChI=1S/C11H16BrN3O3/c1-6(2)9(12)10(16)15-11-13-7(17-3)5-8(14-11)18-4/h5-6,9H,1-4H3,(H,13,14,15,16). The van der Waals surface area contributed by atoms with Crippen LogP contribution in [0.5, 0.6) is 11.8 Å². The van der Waals surface area contributed by atoms with Crippen LogP contribution in [0.1, 0.15) is 13.8 Å². The predicted molar refractivity (Wildman–Crippen MR) is 71.3 cm³/mol. The summed E-state index contributed by atoms with van der Waals surface area (Å²) in [6.45, 7) is 3.87. The van der Waals surface area contributed by atoms with E-state index in [-0.39, 0.29) is 22.6 Å². The van der Waals surface area contributed by atoms with E-state index in [1.807, 2.05) is 13.8 Å². The maximum Gasteiger partial charge on any atom is 0.240 e. The van der Waals surface area contributed by atoms with Crippen molar-refractivity contribution >= 4 is 27.8 Å². The molecule has 1 rings (SSSR count). The van der Waals surface area contributed by atoms with Crippen LogP contribution in [0.15, 0.2) is 6.07 Å². The van der Waals surface area contributed by atoms with Gasteiger partial charge in [-0.25, -0.2) is 0 Å². The molecule has 0 aliphatic carbocycles. The van der Waals surface area contributed by atoms with Gasteiger partial charge in [0.2, 0.25) is 23.6 Å². The smallest absolute Gasteiger partial charge is 0.240 e. The minimum Gasteiger partial charge on any atom is -0.481 e. The number of amides is 1. The molecule has 1 atom stereocenters. The van der Waals surface area contributed by atoms with Crippen molar-refractivity contribution in [2.45, 2.75) is 18.7 Å². The van der Waals surface area contributed by atoms with E-state index in [2.05, 4.69) is 31.2 Å². The SMILES string of the molecule is COc1cc(OC)nc(NC(=O)C(Br)C(C)C)n1. The maximum atomic E-state index is 11.8. The molecule has 0 spiro atoms. The first kappa shape index (κ1) is 14.7. The molecule has 0 bridgehead atoms. The van der Waals surface area contributed by atoms with E-state index in [9.17, 15) is 4.79 Å². The zero-order valence-electron chi connectivity index (χ0n) is 10.7. The quantitative estimate of drug-likeness (QED) is 0.839. The summed E-state index contributed by atoms with van der Waals surface area (Å²) >= 11 is 3.31. The third-order valence-electron chi connectivity index (χ3n) is 2.17. The Morgan fingerprint density at radius 3 is 2.17 bits per heavy atom. The lowest BCUT2D eigenvalue weighted by molar-refractivity contribution is -0.116. The number of alkyl halides is 1. The zero-order valence-corrected chi connectivity index (χ0v) is 12.3. The molecule has 0 aliphatic rings. The highest BCUT2D eigenvalue weighted by molar-refractivity contribution is 9.10. The molecule has 0 fully saturated rings. The fourth-order valence-electron chi connectivity index (χ4n) is 1.15. The molecule has 6 nitrogen and oxygen atoms in total. The highest BCUT2D eigenvalue weighted by Crippen LogP contribution is 2.19. The topological polar surface area (TPSA) is 73.3 Å². The maximum absolute atomic E-state index is 11.8. The van der Waals surface area contributed by atoms with Crippen molar-refractivity contribution in [3.63, 3.8) is 0 Å². The minimum atomic E-state index is -0.307. The molecular formula is C11H16BrN3O3. The molecule has 1 aromatic rings. The number of ether oxygens (including phenoxy) is 2. The summed E-state index contributed by atoms with van der Waals surface area (Å²) in [5, 5.41) is 2.60. The summed E-state index contributed by atoms with van der Waals surface area (Å²) < 4.78 is 9.99. The van der Waals surface area contributed by atoms with Crippen LogP contribution in [0, 0.1) is 5.92 Å². The number of rotatable bonds is 5. The highest BCUT2D eigenvalue weighted by atomic mass is 79.9. The monoisotopic (exact) mass is 317 g/mol. The van der Waals surface area contributed by atoms with E-state index >= 15 is 0 Å². The average Bonchev–Trinajstić information content (AvgIpc) is 2.36. The predicted octanol–water partition coefficient (Wildman–Crippen LogP) is 1.85. The number of nitrogens with zero attached hydrogens (tertiary/aromatic N) is 2. The lowest BCUT2D eigenvalue weighted by atomic mass is 10.1. The Bertz CT molecular complexity index is 404. The molecule has 0 radical (unpaired) electrons. The molecule has 7 heteroatoms. The van der Waals surface area contributed by atoms with E-state index < -0.39 is 0 Å². The highest BCUT2D eigenvalue weighted by Gasteiger charge is 2.20. The van der Waals surface area contributed by atoms with Crippen LogP contribution >= 0.6 is 15.9 Å². The molecule has 1 unspecified atom stereocenters. The fraction of sp³-hybridized carbons (Fsp3) is 0.545. The van der Waals surface area contributed by atoms with Crippen molar-refractivity contribution in [2.24, 2.45) is 5.92 Å². The second-order valence-electron chi connectivity index (χ2n) is 3.91. The van der Waals surface area contributed by atoms with Gasteiger partial charge in [-0.1, -0.05) is 29.8 Å². The van der Waals surface area contributed by atoms with Crippen LogP contribution in [0.2, 0.25) is 0 Å². The van der Waals surface area contributed by atoms with Gasteiger partial charge in [0.15, 0.2) is 0 Å². The van der Waals surface area contributed by atoms with E-state index in [1.54, 1.807) is 0 Å². The van der Waals surface area contributed by atoms with Gasteiger partial charge in [-0.05, 0) is 5.92 Å². The number of carbonyl (C=O) groups is 1. The Balaban J connectivity index is 2.86. The van der Waals surface area contributed by atoms with Crippen molar-refractivity contribution < 1.29 is 14.3 Å². The summed E-state index contributed by atoms with van der Waals surface area (Å²) in [6.07, 6.45) is 0. The summed E-state index contributed by atoms with van der Waals surface area (Å²) in [6, 6.07) is 1.53. The van der Waals surface area contributed by atoms with Gasteiger partial charge < -0.3 is 9.47 Å². The van der Waals surface area contributed by atoms with Gasteiger partial charge in [0.1, 0.15) is 0 Å². The van der Waals surface area contributed by atoms with Crippen LogP contribution in [-0.2, 0) is 4.79 Å². The Morgan fingerprint density at radius 1 is 1.28 bits per heavy atom. The third-order valence-corrected chi connectivity index (χ3v) is 3.64. The van der Waals surface area contributed by atoms with Crippen molar-refractivity contribution in [1.82, 2.24) is 9.97 Å². The number of nitrogens with one attached hydrogen (secondary N) is 1. The van der Waals surface area contributed by atoms with E-state index in [0.717, 1.165) is 0 Å². The third kappa shape index (κ3) is 3.83. The molecule has 0 aromatic carbocycles. The van der Waals surface area contributed by atoms with Crippen molar-refractivity contribution in [3.8, 4) is 11.8 Å². The first-order chi connectivity index (χ1) is 8.47. The van der Waals surface area contributed by atoms with Crippen molar-refractivity contribution in [3.05, 3.63) is 6.07 Å². The van der Waals surface area contributed by atoms with Gasteiger partial charge in [0.05, 0.1) is 25.1 Å². The molecule has 1 heterocycles. The molecule has 0 saturated heterocycles. The fourth-order valence-corrected chi connectivity index (χ4v) is 1.27. The number of carbonyl (C=O) groups excluding carboxylic acids is 1. The largest absolute Gasteiger partial charge is 0.481 e. The number of hydrogen-bond acceptors (Lipinski definition) is 5. The van der Waals surface area contributed by atoms with E-state index in [0.29, 0.717) is 11.8 Å². The van der Waals surface area contributed by atoms with Crippen LogP contribution in [0.4, 0.5) is 5.95 Å². The molecule has 18 heavy (non-hydrogen) atoms. The number of anilines is 1. The molecule has 1 amide bonds. The summed E-state index contributed by atoms with van der Waals surface area (Å²) in [4.78, 5) is 19.6. The average molecular weight is 318 g/mol. The van der Waals surface area contributed by atoms with Gasteiger partial charge >= 0.3 is 0 Å². The minimum absolute atomic E-state index is 0.154. The molecular weight excluding hydrogens is 302 g/mol. The van der Waals surface area contributed by atoms with Crippen LogP contribution in [0.25, 0.3) is 0 Å². The molecule has 0 saturated carbocycles. The lowest BCUT2D eigenvalue weighted by Gasteiger charge is -2.13. The summed E-state index contributed by atoms with van der Waals surface area (Å²) in [7, 11) is 2.96. The first-order valence-corrected chi connectivity index (χ1v) is 6.31. The number of hydrogen-bond donors (Lipinski definition) is 1. The van der Waals surface area contributed by atoms with Gasteiger partial charge in [0.25, 0.3) is 0 Å². The summed E-state index contributed by atoms with van der Waals surface area (Å²) in [5.41, 5.74) is 0. The second-order valence-corrected chi connectivity index (χ2v) is 4.90. The van der Waals surface area contributed by atoms with Crippen LogP contribution in [0.3, 0.4) is 0 Å². The number of halogens is 1. The Hall–Kier alpha value is -1.37. The van der Waals surface area contributed by atoms with Crippen LogP contribution in [-0.4, -0.2) is 34.9 Å². The Labute approximate surface area is 114 Å². The van der Waals surface area contributed by atoms with Crippen molar-refractivity contribution in [1.29, 1.82) is 0 Å². The molecule has 0 aliphatic heterocycles. The van der Waals surface area contributed by atoms with E-state index in [4.69, 9.17) is 9.47 Å². The van der Waals surface area contributed by atoms with Gasteiger partial charge in [-0.2, -0.15) is 9.97 Å². The molecule has 1 aromatic heterocycles. The van der Waals surface area contributed by atoms with Crippen LogP contribution < -0.4 is 14.8 Å². The normalized spacial score (nSPS) is 12.1. The zero-order chi connectivity index (χ0) is 13.7. The molecule has 100 valence electrons. The number of aromatic nitrogens is 2. The first-order valence-electron chi connectivity index (χ1n) is 5.40. The number of methoxy groups -OCH3 is 2. The van der Waals surface area contributed by atoms with Gasteiger partial charge in [-0.15, -0.1) is 0 Å². The van der Waals surface area contributed by atoms with Crippen molar-refractivity contribution in [2.75, 3.05) is 19.5 Å².